The van der Waals surface area contributed by atoms with Gasteiger partial charge in [-0.15, -0.1) is 0 Å². The van der Waals surface area contributed by atoms with Gasteiger partial charge in [0.1, 0.15) is 0 Å². The highest BCUT2D eigenvalue weighted by molar-refractivity contribution is 5.42. The summed E-state index contributed by atoms with van der Waals surface area (Å²) in [6.45, 7) is 12.9. The molecule has 1 N–H and O–H groups in total. The lowest BCUT2D eigenvalue weighted by molar-refractivity contribution is -0.0575. The lowest BCUT2D eigenvalue weighted by atomic mass is 10.1. The highest BCUT2D eigenvalue weighted by Crippen LogP contribution is 2.28. The molecule has 1 aliphatic rings. The molecular formula is C22H38N2O5. The van der Waals surface area contributed by atoms with Crippen LogP contribution in [0.4, 0.5) is 0 Å². The van der Waals surface area contributed by atoms with E-state index in [1.807, 2.05) is 39.0 Å². The summed E-state index contributed by atoms with van der Waals surface area (Å²) in [6.07, 6.45) is -0.543. The van der Waals surface area contributed by atoms with Crippen LogP contribution in [0.5, 0.6) is 11.5 Å². The van der Waals surface area contributed by atoms with Gasteiger partial charge in [0.25, 0.3) is 0 Å². The minimum absolute atomic E-state index is 0.261. The number of aliphatic hydroxyl groups is 1. The number of nitrogens with zero attached hydrogens (tertiary/aromatic N) is 2. The SMILES string of the molecule is COc1ccc(CN(CCN2CCOCC2)C[C@@H](O)COC(C)(C)C)cc1OC. The van der Waals surface area contributed by atoms with Crippen LogP contribution >= 0.6 is 0 Å². The van der Waals surface area contributed by atoms with Crippen molar-refractivity contribution < 1.29 is 24.1 Å². The number of rotatable bonds is 11. The Kier molecular flexibility index (Phi) is 9.65. The Morgan fingerprint density at radius 3 is 2.45 bits per heavy atom. The van der Waals surface area contributed by atoms with Crippen LogP contribution in [0, 0.1) is 0 Å². The van der Waals surface area contributed by atoms with Gasteiger partial charge in [-0.2, -0.15) is 0 Å². The Labute approximate surface area is 175 Å². The minimum atomic E-state index is -0.543. The van der Waals surface area contributed by atoms with Gasteiger partial charge < -0.3 is 24.1 Å². The zero-order valence-corrected chi connectivity index (χ0v) is 18.6. The third-order valence-electron chi connectivity index (χ3n) is 4.87. The van der Waals surface area contributed by atoms with E-state index >= 15 is 0 Å². The first-order valence-electron chi connectivity index (χ1n) is 10.4. The van der Waals surface area contributed by atoms with Crippen molar-refractivity contribution in [2.24, 2.45) is 0 Å². The van der Waals surface area contributed by atoms with Crippen molar-refractivity contribution in [1.29, 1.82) is 0 Å². The van der Waals surface area contributed by atoms with E-state index in [4.69, 9.17) is 18.9 Å². The molecule has 1 saturated heterocycles. The lowest BCUT2D eigenvalue weighted by Crippen LogP contribution is -2.43. The van der Waals surface area contributed by atoms with E-state index < -0.39 is 6.10 Å². The summed E-state index contributed by atoms with van der Waals surface area (Å²) in [5.41, 5.74) is 0.858. The van der Waals surface area contributed by atoms with Gasteiger partial charge in [-0.25, -0.2) is 0 Å². The molecule has 0 amide bonds. The number of ether oxygens (including phenoxy) is 4. The van der Waals surface area contributed by atoms with Gasteiger partial charge >= 0.3 is 0 Å². The maximum Gasteiger partial charge on any atom is 0.161 e. The predicted molar refractivity (Wildman–Crippen MR) is 114 cm³/mol. The fraction of sp³-hybridized carbons (Fsp3) is 0.727. The third-order valence-corrected chi connectivity index (χ3v) is 4.87. The summed E-state index contributed by atoms with van der Waals surface area (Å²) in [4.78, 5) is 4.68. The van der Waals surface area contributed by atoms with Gasteiger partial charge in [0, 0.05) is 39.3 Å². The molecule has 0 spiro atoms. The van der Waals surface area contributed by atoms with Crippen LogP contribution in [0.1, 0.15) is 26.3 Å². The van der Waals surface area contributed by atoms with Crippen molar-refractivity contribution in [3.8, 4) is 11.5 Å². The van der Waals surface area contributed by atoms with E-state index in [1.54, 1.807) is 14.2 Å². The molecule has 2 rings (SSSR count). The third kappa shape index (κ3) is 8.88. The van der Waals surface area contributed by atoms with Crippen LogP contribution in [-0.2, 0) is 16.0 Å². The maximum atomic E-state index is 10.5. The van der Waals surface area contributed by atoms with Gasteiger partial charge in [-0.1, -0.05) is 6.07 Å². The van der Waals surface area contributed by atoms with Crippen molar-refractivity contribution in [3.05, 3.63) is 23.8 Å². The highest BCUT2D eigenvalue weighted by Gasteiger charge is 2.19. The molecule has 1 aliphatic heterocycles. The number of methoxy groups -OCH3 is 2. The Morgan fingerprint density at radius 1 is 1.14 bits per heavy atom. The monoisotopic (exact) mass is 410 g/mol. The topological polar surface area (TPSA) is 63.6 Å². The molecule has 0 saturated carbocycles. The molecule has 0 aliphatic carbocycles. The highest BCUT2D eigenvalue weighted by atomic mass is 16.5. The van der Waals surface area contributed by atoms with E-state index in [-0.39, 0.29) is 5.60 Å². The van der Waals surface area contributed by atoms with Crippen molar-refractivity contribution in [3.63, 3.8) is 0 Å². The fourth-order valence-electron chi connectivity index (χ4n) is 3.28. The zero-order chi connectivity index (χ0) is 21.3. The van der Waals surface area contributed by atoms with Crippen LogP contribution in [-0.4, -0.2) is 93.4 Å². The smallest absolute Gasteiger partial charge is 0.161 e. The summed E-state index contributed by atoms with van der Waals surface area (Å²) in [7, 11) is 3.28. The molecule has 166 valence electrons. The first-order chi connectivity index (χ1) is 13.8. The Balaban J connectivity index is 2.00. The first kappa shape index (κ1) is 23.9. The molecule has 1 fully saturated rings. The Bertz CT molecular complexity index is 599. The van der Waals surface area contributed by atoms with E-state index in [1.165, 1.54) is 0 Å². The molecule has 1 atom stereocenters. The first-order valence-corrected chi connectivity index (χ1v) is 10.4. The van der Waals surface area contributed by atoms with Crippen molar-refractivity contribution >= 4 is 0 Å². The van der Waals surface area contributed by atoms with Crippen LogP contribution < -0.4 is 9.47 Å². The Morgan fingerprint density at radius 2 is 1.83 bits per heavy atom. The van der Waals surface area contributed by atoms with Gasteiger partial charge in [0.05, 0.1) is 45.7 Å². The number of hydrogen-bond donors (Lipinski definition) is 1. The molecule has 1 aromatic rings. The molecule has 0 radical (unpaired) electrons. The van der Waals surface area contributed by atoms with Crippen molar-refractivity contribution in [2.75, 3.05) is 66.8 Å². The van der Waals surface area contributed by atoms with E-state index in [0.717, 1.165) is 63.0 Å². The zero-order valence-electron chi connectivity index (χ0n) is 18.6. The van der Waals surface area contributed by atoms with E-state index in [0.29, 0.717) is 13.2 Å². The molecule has 0 bridgehead atoms. The van der Waals surface area contributed by atoms with Gasteiger partial charge in [-0.05, 0) is 38.5 Å². The molecule has 29 heavy (non-hydrogen) atoms. The van der Waals surface area contributed by atoms with Crippen LogP contribution in [0.3, 0.4) is 0 Å². The van der Waals surface area contributed by atoms with Gasteiger partial charge in [0.15, 0.2) is 11.5 Å². The van der Waals surface area contributed by atoms with Crippen LogP contribution in [0.2, 0.25) is 0 Å². The average Bonchev–Trinajstić information content (AvgIpc) is 2.70. The molecule has 1 heterocycles. The summed E-state index contributed by atoms with van der Waals surface area (Å²) in [5.74, 6) is 1.43. The van der Waals surface area contributed by atoms with Gasteiger partial charge in [-0.3, -0.25) is 9.80 Å². The second kappa shape index (κ2) is 11.7. The number of benzene rings is 1. The molecule has 0 aromatic heterocycles. The maximum absolute atomic E-state index is 10.5. The quantitative estimate of drug-likeness (QED) is 0.599. The predicted octanol–water partition coefficient (Wildman–Crippen LogP) is 2.01. The molecule has 0 unspecified atom stereocenters. The second-order valence-electron chi connectivity index (χ2n) is 8.46. The number of morpholine rings is 1. The summed E-state index contributed by atoms with van der Waals surface area (Å²) in [6, 6.07) is 5.97. The average molecular weight is 411 g/mol. The normalized spacial score (nSPS) is 16.8. The number of hydrogen-bond acceptors (Lipinski definition) is 7. The van der Waals surface area contributed by atoms with Crippen LogP contribution in [0.15, 0.2) is 18.2 Å². The summed E-state index contributed by atoms with van der Waals surface area (Å²) >= 11 is 0. The minimum Gasteiger partial charge on any atom is -0.493 e. The fourth-order valence-corrected chi connectivity index (χ4v) is 3.28. The largest absolute Gasteiger partial charge is 0.493 e. The molecule has 1 aromatic carbocycles. The van der Waals surface area contributed by atoms with E-state index in [9.17, 15) is 5.11 Å². The molecule has 7 heteroatoms. The Hall–Kier alpha value is -1.38. The van der Waals surface area contributed by atoms with Crippen molar-refractivity contribution in [2.45, 2.75) is 39.0 Å². The standard InChI is InChI=1S/C22H38N2O5/c1-22(2,3)29-17-19(25)16-24(9-8-23-10-12-28-13-11-23)15-18-6-7-20(26-4)21(14-18)27-5/h6-7,14,19,25H,8-13,15-17H2,1-5H3/t19-/m1/s1. The van der Waals surface area contributed by atoms with E-state index in [2.05, 4.69) is 9.80 Å². The second-order valence-corrected chi connectivity index (χ2v) is 8.46. The number of aliphatic hydroxyl groups excluding tert-OH is 1. The lowest BCUT2D eigenvalue weighted by Gasteiger charge is -2.31. The molecule has 7 nitrogen and oxygen atoms in total. The summed E-state index contributed by atoms with van der Waals surface area (Å²) < 4.78 is 22.0. The molecular weight excluding hydrogens is 372 g/mol. The van der Waals surface area contributed by atoms with Crippen LogP contribution in [0.25, 0.3) is 0 Å². The summed E-state index contributed by atoms with van der Waals surface area (Å²) in [5, 5.41) is 10.5. The van der Waals surface area contributed by atoms with Gasteiger partial charge in [0.2, 0.25) is 0 Å². The van der Waals surface area contributed by atoms with Crippen molar-refractivity contribution in [1.82, 2.24) is 9.80 Å².